The Morgan fingerprint density at radius 2 is 1.57 bits per heavy atom. The smallest absolute Gasteiger partial charge is 0.282 e. The summed E-state index contributed by atoms with van der Waals surface area (Å²) >= 11 is 6.30. The average molecular weight is 424 g/mol. The number of hydrogen-bond acceptors (Lipinski definition) is 4. The van der Waals surface area contributed by atoms with Gasteiger partial charge < -0.3 is 9.80 Å². The molecule has 2 aromatic rings. The van der Waals surface area contributed by atoms with Gasteiger partial charge in [-0.15, -0.1) is 0 Å². The van der Waals surface area contributed by atoms with Gasteiger partial charge in [-0.2, -0.15) is 0 Å². The minimum atomic E-state index is -0.289. The number of benzene rings is 2. The third kappa shape index (κ3) is 3.42. The van der Waals surface area contributed by atoms with E-state index in [4.69, 9.17) is 11.6 Å². The van der Waals surface area contributed by atoms with Gasteiger partial charge in [0.1, 0.15) is 5.70 Å². The molecular formula is C24H26ClN3O2. The molecule has 0 aromatic heterocycles. The summed E-state index contributed by atoms with van der Waals surface area (Å²) in [4.78, 5) is 32.9. The van der Waals surface area contributed by atoms with Gasteiger partial charge in [-0.3, -0.25) is 9.59 Å². The van der Waals surface area contributed by atoms with Crippen LogP contribution in [0.2, 0.25) is 5.02 Å². The maximum absolute atomic E-state index is 13.7. The maximum Gasteiger partial charge on any atom is 0.282 e. The monoisotopic (exact) mass is 423 g/mol. The highest BCUT2D eigenvalue weighted by Crippen LogP contribution is 2.38. The fourth-order valence-corrected chi connectivity index (χ4v) is 4.23. The first-order valence-corrected chi connectivity index (χ1v) is 10.6. The minimum Gasteiger partial charge on any atom is -0.364 e. The molecule has 5 nitrogen and oxygen atoms in total. The summed E-state index contributed by atoms with van der Waals surface area (Å²) < 4.78 is 0. The fraction of sp³-hybridized carbons (Fsp3) is 0.333. The molecule has 2 aliphatic heterocycles. The number of imide groups is 1. The molecule has 0 N–H and O–H groups in total. The number of carbonyl (C=O) groups excluding carboxylic acids is 2. The number of carbonyl (C=O) groups is 2. The van der Waals surface area contributed by atoms with Crippen LogP contribution in [-0.2, 0) is 9.59 Å². The molecule has 0 aliphatic carbocycles. The first kappa shape index (κ1) is 20.6. The number of rotatable bonds is 3. The molecular weight excluding hydrogens is 398 g/mol. The van der Waals surface area contributed by atoms with Crippen LogP contribution in [0.5, 0.6) is 0 Å². The molecule has 30 heavy (non-hydrogen) atoms. The van der Waals surface area contributed by atoms with Gasteiger partial charge in [0.05, 0.1) is 11.3 Å². The van der Waals surface area contributed by atoms with Crippen molar-refractivity contribution in [2.45, 2.75) is 20.8 Å². The molecule has 0 saturated carbocycles. The van der Waals surface area contributed by atoms with Crippen LogP contribution in [0.25, 0.3) is 5.57 Å². The molecule has 2 aromatic carbocycles. The summed E-state index contributed by atoms with van der Waals surface area (Å²) in [5.74, 6) is -0.564. The molecule has 1 saturated heterocycles. The first-order chi connectivity index (χ1) is 14.3. The third-order valence-electron chi connectivity index (χ3n) is 6.15. The summed E-state index contributed by atoms with van der Waals surface area (Å²) in [7, 11) is 2.07. The average Bonchev–Trinajstić information content (AvgIpc) is 2.97. The Hall–Kier alpha value is -2.63. The predicted octanol–water partition coefficient (Wildman–Crippen LogP) is 3.80. The standard InChI is InChI=1S/C24H26ClN3O2/c1-15-8-9-18(14-16(15)2)21-22(27-12-10-26(4)11-13-27)24(30)28(23(21)29)20-7-5-6-19(25)17(20)3/h5-9,14H,10-13H2,1-4H3. The highest BCUT2D eigenvalue weighted by Gasteiger charge is 2.43. The lowest BCUT2D eigenvalue weighted by Crippen LogP contribution is -2.46. The van der Waals surface area contributed by atoms with Crippen molar-refractivity contribution >= 4 is 34.7 Å². The molecule has 0 atom stereocenters. The van der Waals surface area contributed by atoms with Gasteiger partial charge in [0.2, 0.25) is 0 Å². The third-order valence-corrected chi connectivity index (χ3v) is 6.56. The van der Waals surface area contributed by atoms with Gasteiger partial charge in [0, 0.05) is 31.2 Å². The zero-order valence-corrected chi connectivity index (χ0v) is 18.6. The fourth-order valence-electron chi connectivity index (χ4n) is 4.06. The molecule has 0 spiro atoms. The molecule has 0 radical (unpaired) electrons. The topological polar surface area (TPSA) is 43.9 Å². The quantitative estimate of drug-likeness (QED) is 0.704. The Kier molecular flexibility index (Phi) is 5.43. The number of amides is 2. The molecule has 0 unspecified atom stereocenters. The van der Waals surface area contributed by atoms with Crippen LogP contribution in [0.4, 0.5) is 5.69 Å². The van der Waals surface area contributed by atoms with Crippen LogP contribution in [-0.4, -0.2) is 54.8 Å². The second kappa shape index (κ2) is 7.89. The van der Waals surface area contributed by atoms with Crippen LogP contribution in [0.1, 0.15) is 22.3 Å². The number of piperazine rings is 1. The zero-order valence-electron chi connectivity index (χ0n) is 17.8. The lowest BCUT2D eigenvalue weighted by molar-refractivity contribution is -0.120. The van der Waals surface area contributed by atoms with Gasteiger partial charge >= 0.3 is 0 Å². The summed E-state index contributed by atoms with van der Waals surface area (Å²) in [6, 6.07) is 11.3. The second-order valence-electron chi connectivity index (χ2n) is 8.14. The van der Waals surface area contributed by atoms with Crippen LogP contribution < -0.4 is 4.90 Å². The largest absolute Gasteiger partial charge is 0.364 e. The SMILES string of the molecule is Cc1ccc(C2=C(N3CCN(C)CC3)C(=O)N(c3cccc(Cl)c3C)C2=O)cc1C. The van der Waals surface area contributed by atoms with Crippen molar-refractivity contribution in [3.05, 3.63) is 69.4 Å². The minimum absolute atomic E-state index is 0.275. The first-order valence-electron chi connectivity index (χ1n) is 10.2. The van der Waals surface area contributed by atoms with Gasteiger partial charge in [-0.1, -0.05) is 35.9 Å². The van der Waals surface area contributed by atoms with E-state index in [0.717, 1.165) is 35.3 Å². The molecule has 1 fully saturated rings. The van der Waals surface area contributed by atoms with Crippen LogP contribution >= 0.6 is 11.6 Å². The highest BCUT2D eigenvalue weighted by atomic mass is 35.5. The molecule has 4 rings (SSSR count). The summed E-state index contributed by atoms with van der Waals surface area (Å²) in [6.45, 7) is 9.01. The molecule has 6 heteroatoms. The van der Waals surface area contributed by atoms with Gasteiger partial charge in [0.15, 0.2) is 0 Å². The Morgan fingerprint density at radius 1 is 0.867 bits per heavy atom. The van der Waals surface area contributed by atoms with Crippen LogP contribution in [0, 0.1) is 20.8 Å². The van der Waals surface area contributed by atoms with Gasteiger partial charge in [-0.25, -0.2) is 4.90 Å². The Bertz CT molecular complexity index is 1070. The van der Waals surface area contributed by atoms with Crippen molar-refractivity contribution in [3.8, 4) is 0 Å². The van der Waals surface area contributed by atoms with Crippen molar-refractivity contribution in [2.24, 2.45) is 0 Å². The van der Waals surface area contributed by atoms with E-state index in [9.17, 15) is 9.59 Å². The van der Waals surface area contributed by atoms with E-state index in [1.165, 1.54) is 4.90 Å². The van der Waals surface area contributed by atoms with E-state index in [-0.39, 0.29) is 11.8 Å². The Morgan fingerprint density at radius 3 is 2.23 bits per heavy atom. The summed E-state index contributed by atoms with van der Waals surface area (Å²) in [5, 5.41) is 0.536. The van der Waals surface area contributed by atoms with Crippen molar-refractivity contribution in [1.82, 2.24) is 9.80 Å². The van der Waals surface area contributed by atoms with Crippen molar-refractivity contribution in [2.75, 3.05) is 38.1 Å². The van der Waals surface area contributed by atoms with Crippen molar-refractivity contribution in [1.29, 1.82) is 0 Å². The van der Waals surface area contributed by atoms with Crippen molar-refractivity contribution < 1.29 is 9.59 Å². The molecule has 2 amide bonds. The Labute approximate surface area is 182 Å². The van der Waals surface area contributed by atoms with E-state index in [2.05, 4.69) is 16.8 Å². The van der Waals surface area contributed by atoms with Crippen molar-refractivity contribution in [3.63, 3.8) is 0 Å². The van der Waals surface area contributed by atoms with Gasteiger partial charge in [-0.05, 0) is 62.2 Å². The predicted molar refractivity (Wildman–Crippen MR) is 121 cm³/mol. The Balaban J connectivity index is 1.86. The van der Waals surface area contributed by atoms with E-state index >= 15 is 0 Å². The lowest BCUT2D eigenvalue weighted by atomic mass is 9.99. The number of nitrogens with zero attached hydrogens (tertiary/aromatic N) is 3. The number of halogens is 1. The lowest BCUT2D eigenvalue weighted by Gasteiger charge is -2.34. The number of aryl methyl sites for hydroxylation is 2. The second-order valence-corrected chi connectivity index (χ2v) is 8.55. The number of anilines is 1. The molecule has 2 heterocycles. The van der Waals surface area contributed by atoms with Gasteiger partial charge in [0.25, 0.3) is 11.8 Å². The highest BCUT2D eigenvalue weighted by molar-refractivity contribution is 6.46. The van der Waals surface area contributed by atoms with E-state index in [1.807, 2.05) is 39.0 Å². The van der Waals surface area contributed by atoms with Crippen LogP contribution in [0.3, 0.4) is 0 Å². The summed E-state index contributed by atoms with van der Waals surface area (Å²) in [6.07, 6.45) is 0. The summed E-state index contributed by atoms with van der Waals surface area (Å²) in [5.41, 5.74) is 5.27. The normalized spacial score (nSPS) is 18.0. The number of hydrogen-bond donors (Lipinski definition) is 0. The molecule has 156 valence electrons. The van der Waals surface area contributed by atoms with Crippen LogP contribution in [0.15, 0.2) is 42.1 Å². The molecule has 0 bridgehead atoms. The van der Waals surface area contributed by atoms with E-state index in [0.29, 0.717) is 35.1 Å². The zero-order chi connectivity index (χ0) is 21.6. The number of likely N-dealkylation sites (N-methyl/N-ethyl adjacent to an activating group) is 1. The van der Waals surface area contributed by atoms with E-state index < -0.39 is 0 Å². The molecule has 2 aliphatic rings. The van der Waals surface area contributed by atoms with E-state index in [1.54, 1.807) is 18.2 Å². The maximum atomic E-state index is 13.7.